The van der Waals surface area contributed by atoms with Crippen LogP contribution in [0.25, 0.3) is 0 Å². The topological polar surface area (TPSA) is 134 Å². The molecule has 5 atom stereocenters. The first kappa shape index (κ1) is 27.1. The highest BCUT2D eigenvalue weighted by Gasteiger charge is 2.31. The van der Waals surface area contributed by atoms with E-state index >= 15 is 0 Å². The number of amides is 3. The summed E-state index contributed by atoms with van der Waals surface area (Å²) in [5.74, 6) is -1.09. The maximum absolute atomic E-state index is 13.2. The molecule has 2 aliphatic rings. The Hall–Kier alpha value is -2.50. The number of aliphatic hydroxyl groups is 1. The number of fused-ring (bicyclic) bond motifs is 7. The van der Waals surface area contributed by atoms with E-state index in [1.165, 1.54) is 17.7 Å². The minimum absolute atomic E-state index is 0.161. The Morgan fingerprint density at radius 3 is 2.54 bits per heavy atom. The molecule has 1 aromatic rings. The molecular formula is C24H31N3O6S2. The van der Waals surface area contributed by atoms with Crippen molar-refractivity contribution in [2.24, 2.45) is 0 Å². The van der Waals surface area contributed by atoms with Crippen LogP contribution >= 0.6 is 21.6 Å². The van der Waals surface area contributed by atoms with Crippen LogP contribution in [0.3, 0.4) is 0 Å². The van der Waals surface area contributed by atoms with Gasteiger partial charge in [-0.15, -0.1) is 0 Å². The van der Waals surface area contributed by atoms with Crippen molar-refractivity contribution in [3.05, 3.63) is 48.0 Å². The van der Waals surface area contributed by atoms with Crippen molar-refractivity contribution < 1.29 is 29.0 Å². The number of nitrogens with one attached hydrogen (secondary N) is 3. The van der Waals surface area contributed by atoms with Crippen LogP contribution in [0.15, 0.2) is 42.5 Å². The number of rotatable bonds is 2. The number of benzene rings is 1. The van der Waals surface area contributed by atoms with Crippen molar-refractivity contribution in [3.63, 3.8) is 0 Å². The molecule has 0 radical (unpaired) electrons. The Morgan fingerprint density at radius 1 is 1.00 bits per heavy atom. The highest BCUT2D eigenvalue weighted by molar-refractivity contribution is 8.76. The van der Waals surface area contributed by atoms with Crippen molar-refractivity contribution in [1.29, 1.82) is 0 Å². The minimum Gasteiger partial charge on any atom is -0.457 e. The zero-order chi connectivity index (χ0) is 25.2. The molecule has 0 spiro atoms. The lowest BCUT2D eigenvalue weighted by atomic mass is 9.98. The van der Waals surface area contributed by atoms with E-state index in [0.717, 1.165) is 11.3 Å². The summed E-state index contributed by atoms with van der Waals surface area (Å²) in [6.45, 7) is 1.53. The number of allylic oxidation sites excluding steroid dienone is 1. The fourth-order valence-corrected chi connectivity index (χ4v) is 5.84. The molecule has 0 unspecified atom stereocenters. The van der Waals surface area contributed by atoms with Gasteiger partial charge in [-0.3, -0.25) is 19.2 Å². The second-order valence-corrected chi connectivity index (χ2v) is 11.1. The molecule has 1 fully saturated rings. The number of ether oxygens (including phenoxy) is 1. The van der Waals surface area contributed by atoms with Crippen LogP contribution in [0.1, 0.15) is 31.7 Å². The van der Waals surface area contributed by atoms with Gasteiger partial charge in [0.25, 0.3) is 0 Å². The Balaban J connectivity index is 1.94. The van der Waals surface area contributed by atoms with E-state index in [2.05, 4.69) is 16.0 Å². The Bertz CT molecular complexity index is 929. The highest BCUT2D eigenvalue weighted by atomic mass is 33.1. The monoisotopic (exact) mass is 521 g/mol. The fourth-order valence-electron chi connectivity index (χ4n) is 3.68. The summed E-state index contributed by atoms with van der Waals surface area (Å²) in [4.78, 5) is 51.2. The van der Waals surface area contributed by atoms with Gasteiger partial charge < -0.3 is 25.8 Å². The van der Waals surface area contributed by atoms with E-state index in [-0.39, 0.29) is 19.3 Å². The van der Waals surface area contributed by atoms with Crippen molar-refractivity contribution in [2.75, 3.05) is 11.5 Å². The average molecular weight is 522 g/mol. The summed E-state index contributed by atoms with van der Waals surface area (Å²) in [5.41, 5.74) is 0.868. The lowest BCUT2D eigenvalue weighted by molar-refractivity contribution is -0.151. The quantitative estimate of drug-likeness (QED) is 0.258. The second-order valence-electron chi connectivity index (χ2n) is 8.48. The first-order valence-electron chi connectivity index (χ1n) is 11.5. The predicted octanol–water partition coefficient (Wildman–Crippen LogP) is 1.11. The van der Waals surface area contributed by atoms with Crippen LogP contribution in [0, 0.1) is 0 Å². The molecule has 2 aliphatic heterocycles. The van der Waals surface area contributed by atoms with Crippen LogP contribution < -0.4 is 16.0 Å². The SMILES string of the molecule is C[C@H]1NC(=O)C[C@H]2C=CCCSSC[C@@H](NC1=O)C(=O)N[C@H](Cc1ccccc1)[C@@H](O)CC(=O)O2. The predicted molar refractivity (Wildman–Crippen MR) is 135 cm³/mol. The van der Waals surface area contributed by atoms with Gasteiger partial charge >= 0.3 is 5.97 Å². The van der Waals surface area contributed by atoms with Gasteiger partial charge in [0.05, 0.1) is 25.0 Å². The molecule has 190 valence electrons. The van der Waals surface area contributed by atoms with Crippen LogP contribution in [0.5, 0.6) is 0 Å². The van der Waals surface area contributed by atoms with Gasteiger partial charge in [0.1, 0.15) is 18.2 Å². The first-order valence-corrected chi connectivity index (χ1v) is 14.0. The van der Waals surface area contributed by atoms with E-state index in [0.29, 0.717) is 12.2 Å². The average Bonchev–Trinajstić information content (AvgIpc) is 2.81. The summed E-state index contributed by atoms with van der Waals surface area (Å²) in [6, 6.07) is 6.71. The van der Waals surface area contributed by atoms with Crippen LogP contribution in [0.2, 0.25) is 0 Å². The van der Waals surface area contributed by atoms with Gasteiger partial charge in [-0.1, -0.05) is 58.0 Å². The third-order valence-corrected chi connectivity index (χ3v) is 8.02. The summed E-state index contributed by atoms with van der Waals surface area (Å²) < 4.78 is 5.50. The zero-order valence-electron chi connectivity index (χ0n) is 19.5. The molecule has 0 aromatic heterocycles. The van der Waals surface area contributed by atoms with Crippen molar-refractivity contribution >= 4 is 45.3 Å². The number of carbonyl (C=O) groups excluding carboxylic acids is 4. The summed E-state index contributed by atoms with van der Waals surface area (Å²) in [6.07, 6.45) is 1.87. The largest absolute Gasteiger partial charge is 0.457 e. The van der Waals surface area contributed by atoms with Gasteiger partial charge in [-0.25, -0.2) is 0 Å². The van der Waals surface area contributed by atoms with Gasteiger partial charge in [0, 0.05) is 11.5 Å². The Kier molecular flexibility index (Phi) is 10.5. The summed E-state index contributed by atoms with van der Waals surface area (Å²) >= 11 is 0. The lowest BCUT2D eigenvalue weighted by Gasteiger charge is -2.27. The molecule has 1 saturated heterocycles. The molecule has 0 aliphatic carbocycles. The first-order chi connectivity index (χ1) is 16.8. The Labute approximate surface area is 212 Å². The standard InChI is InChI=1S/C24H31N3O6S2/c1-15-23(31)27-19-14-35-34-10-6-5-9-17(12-21(29)25-15)33-22(30)13-20(28)18(26-24(19)32)11-16-7-3-2-4-8-16/h2-5,7-9,15,17-20,28H,6,10-14H2,1H3,(H,25,29)(H,26,32)(H,27,31)/t15-,17-,18-,19-,20+/m1/s1. The number of esters is 1. The van der Waals surface area contributed by atoms with Gasteiger partial charge in [-0.2, -0.15) is 0 Å². The van der Waals surface area contributed by atoms with Gasteiger partial charge in [0.2, 0.25) is 17.7 Å². The second kappa shape index (κ2) is 13.6. The van der Waals surface area contributed by atoms with Crippen molar-refractivity contribution in [1.82, 2.24) is 16.0 Å². The van der Waals surface area contributed by atoms with E-state index in [1.807, 2.05) is 36.4 Å². The molecule has 2 heterocycles. The minimum atomic E-state index is -1.24. The Morgan fingerprint density at radius 2 is 1.77 bits per heavy atom. The van der Waals surface area contributed by atoms with Crippen LogP contribution in [0.4, 0.5) is 0 Å². The van der Waals surface area contributed by atoms with Crippen LogP contribution in [-0.2, 0) is 30.3 Å². The molecule has 35 heavy (non-hydrogen) atoms. The fraction of sp³-hybridized carbons (Fsp3) is 0.500. The molecule has 0 saturated carbocycles. The summed E-state index contributed by atoms with van der Waals surface area (Å²) in [5, 5.41) is 19.1. The molecule has 4 N–H and O–H groups in total. The molecule has 11 heteroatoms. The molecule has 9 nitrogen and oxygen atoms in total. The highest BCUT2D eigenvalue weighted by Crippen LogP contribution is 2.24. The van der Waals surface area contributed by atoms with E-state index in [9.17, 15) is 24.3 Å². The van der Waals surface area contributed by atoms with Crippen LogP contribution in [-0.4, -0.2) is 70.6 Å². The number of carbonyl (C=O) groups is 4. The number of aliphatic hydroxyl groups excluding tert-OH is 1. The third-order valence-electron chi connectivity index (χ3n) is 5.58. The molecule has 1 aromatic carbocycles. The van der Waals surface area contributed by atoms with Gasteiger partial charge in [-0.05, 0) is 31.4 Å². The number of hydrogen-bond acceptors (Lipinski definition) is 8. The molecular weight excluding hydrogens is 490 g/mol. The number of hydrogen-bond donors (Lipinski definition) is 4. The van der Waals surface area contributed by atoms with Crippen molar-refractivity contribution in [3.8, 4) is 0 Å². The van der Waals surface area contributed by atoms with E-state index in [1.54, 1.807) is 16.9 Å². The summed E-state index contributed by atoms with van der Waals surface area (Å²) in [7, 11) is 3.01. The molecule has 3 rings (SSSR count). The molecule has 3 amide bonds. The van der Waals surface area contributed by atoms with E-state index in [4.69, 9.17) is 4.74 Å². The maximum Gasteiger partial charge on any atom is 0.309 e. The normalized spacial score (nSPS) is 29.5. The lowest BCUT2D eigenvalue weighted by Crippen LogP contribution is -2.56. The zero-order valence-corrected chi connectivity index (χ0v) is 21.1. The third kappa shape index (κ3) is 8.90. The van der Waals surface area contributed by atoms with E-state index < -0.39 is 54.0 Å². The smallest absolute Gasteiger partial charge is 0.309 e. The molecule has 2 bridgehead atoms. The van der Waals surface area contributed by atoms with Crippen molar-refractivity contribution in [2.45, 2.75) is 62.9 Å². The maximum atomic E-state index is 13.2. The van der Waals surface area contributed by atoms with Gasteiger partial charge in [0.15, 0.2) is 0 Å².